The Labute approximate surface area is 146 Å². The van der Waals surface area contributed by atoms with Crippen LogP contribution in [0.15, 0.2) is 29.2 Å². The molecule has 1 aliphatic heterocycles. The molecule has 1 saturated heterocycles. The second-order valence-corrected chi connectivity index (χ2v) is 5.56. The Hall–Kier alpha value is -1.21. The van der Waals surface area contributed by atoms with Gasteiger partial charge in [0, 0.05) is 19.1 Å². The maximum absolute atomic E-state index is 13.4. The van der Waals surface area contributed by atoms with Crippen molar-refractivity contribution in [2.75, 3.05) is 19.6 Å². The number of halogens is 3. The number of hydrogen-bond donors (Lipinski definition) is 1. The van der Waals surface area contributed by atoms with Gasteiger partial charge < -0.3 is 15.2 Å². The highest BCUT2D eigenvalue weighted by atomic mass is 35.5. The molecule has 0 amide bonds. The van der Waals surface area contributed by atoms with Crippen LogP contribution in [-0.2, 0) is 6.54 Å². The molecular formula is C15H21Cl2FN4O. The number of likely N-dealkylation sites (tertiary alicyclic amines) is 1. The van der Waals surface area contributed by atoms with Crippen molar-refractivity contribution in [3.05, 3.63) is 40.6 Å². The summed E-state index contributed by atoms with van der Waals surface area (Å²) in [6.45, 7) is 3.21. The molecule has 1 aromatic heterocycles. The molecule has 0 saturated carbocycles. The van der Waals surface area contributed by atoms with Gasteiger partial charge in [-0.25, -0.2) is 9.37 Å². The Kier molecular flexibility index (Phi) is 7.41. The lowest BCUT2D eigenvalue weighted by atomic mass is 10.1. The summed E-state index contributed by atoms with van der Waals surface area (Å²) in [5.41, 5.74) is 6.88. The number of piperidine rings is 1. The van der Waals surface area contributed by atoms with E-state index in [1.54, 1.807) is 10.6 Å². The number of aromatic nitrogens is 2. The van der Waals surface area contributed by atoms with Gasteiger partial charge in [0.25, 0.3) is 5.56 Å². The Balaban J connectivity index is 0.00000132. The minimum Gasteiger partial charge on any atom is -0.328 e. The minimum absolute atomic E-state index is 0. The highest BCUT2D eigenvalue weighted by Gasteiger charge is 2.16. The van der Waals surface area contributed by atoms with Gasteiger partial charge >= 0.3 is 0 Å². The van der Waals surface area contributed by atoms with Crippen molar-refractivity contribution in [3.63, 3.8) is 0 Å². The van der Waals surface area contributed by atoms with Gasteiger partial charge in [-0.15, -0.1) is 24.8 Å². The van der Waals surface area contributed by atoms with E-state index in [4.69, 9.17) is 5.73 Å². The van der Waals surface area contributed by atoms with Crippen LogP contribution in [0.4, 0.5) is 4.39 Å². The topological polar surface area (TPSA) is 64.2 Å². The van der Waals surface area contributed by atoms with E-state index in [0.717, 1.165) is 32.5 Å². The zero-order chi connectivity index (χ0) is 14.8. The predicted molar refractivity (Wildman–Crippen MR) is 94.1 cm³/mol. The van der Waals surface area contributed by atoms with Crippen LogP contribution in [0.2, 0.25) is 0 Å². The molecule has 2 heterocycles. The normalized spacial score (nSPS) is 15.9. The van der Waals surface area contributed by atoms with E-state index in [0.29, 0.717) is 23.6 Å². The molecule has 0 aliphatic carbocycles. The molecule has 3 rings (SSSR count). The molecule has 5 nitrogen and oxygen atoms in total. The third-order valence-electron chi connectivity index (χ3n) is 4.08. The fourth-order valence-corrected chi connectivity index (χ4v) is 2.78. The van der Waals surface area contributed by atoms with Crippen LogP contribution in [0.1, 0.15) is 12.8 Å². The van der Waals surface area contributed by atoms with Crippen LogP contribution in [0.5, 0.6) is 0 Å². The maximum Gasteiger partial charge on any atom is 0.269 e. The first-order chi connectivity index (χ1) is 10.1. The quantitative estimate of drug-likeness (QED) is 0.903. The van der Waals surface area contributed by atoms with E-state index >= 15 is 0 Å². The second-order valence-electron chi connectivity index (χ2n) is 5.56. The molecule has 2 aromatic rings. The van der Waals surface area contributed by atoms with Gasteiger partial charge in [0.2, 0.25) is 0 Å². The standard InChI is InChI=1S/C15H19FN4O.2ClH/c16-11-1-2-13-14(9-11)20(15(21)10-18-13)8-7-19-5-3-12(17)4-6-19;;/h1-2,9-10,12H,3-8,17H2;2*1H. The summed E-state index contributed by atoms with van der Waals surface area (Å²) in [7, 11) is 0. The Morgan fingerprint density at radius 3 is 2.61 bits per heavy atom. The van der Waals surface area contributed by atoms with Crippen molar-refractivity contribution in [1.29, 1.82) is 0 Å². The summed E-state index contributed by atoms with van der Waals surface area (Å²) in [5, 5.41) is 0. The van der Waals surface area contributed by atoms with Crippen LogP contribution in [0, 0.1) is 5.82 Å². The highest BCUT2D eigenvalue weighted by molar-refractivity contribution is 5.85. The van der Waals surface area contributed by atoms with Gasteiger partial charge in [-0.05, 0) is 44.1 Å². The minimum atomic E-state index is -0.354. The lowest BCUT2D eigenvalue weighted by molar-refractivity contribution is 0.206. The van der Waals surface area contributed by atoms with Gasteiger partial charge in [0.1, 0.15) is 5.82 Å². The highest BCUT2D eigenvalue weighted by Crippen LogP contribution is 2.12. The first-order valence-electron chi connectivity index (χ1n) is 7.26. The fraction of sp³-hybridized carbons (Fsp3) is 0.467. The summed E-state index contributed by atoms with van der Waals surface area (Å²) >= 11 is 0. The largest absolute Gasteiger partial charge is 0.328 e. The first kappa shape index (κ1) is 19.8. The van der Waals surface area contributed by atoms with E-state index in [1.165, 1.54) is 18.3 Å². The van der Waals surface area contributed by atoms with Crippen LogP contribution in [0.3, 0.4) is 0 Å². The smallest absolute Gasteiger partial charge is 0.269 e. The molecular weight excluding hydrogens is 342 g/mol. The SMILES string of the molecule is Cl.Cl.NC1CCN(CCn2c(=O)cnc3ccc(F)cc32)CC1. The number of nitrogens with two attached hydrogens (primary N) is 1. The zero-order valence-corrected chi connectivity index (χ0v) is 14.3. The molecule has 0 radical (unpaired) electrons. The molecule has 1 fully saturated rings. The van der Waals surface area contributed by atoms with Crippen LogP contribution in [0.25, 0.3) is 11.0 Å². The van der Waals surface area contributed by atoms with Crippen LogP contribution >= 0.6 is 24.8 Å². The molecule has 2 N–H and O–H groups in total. The Bertz CT molecular complexity index is 701. The maximum atomic E-state index is 13.4. The molecule has 0 unspecified atom stereocenters. The van der Waals surface area contributed by atoms with E-state index in [2.05, 4.69) is 9.88 Å². The van der Waals surface area contributed by atoms with Crippen molar-refractivity contribution in [1.82, 2.24) is 14.5 Å². The van der Waals surface area contributed by atoms with Gasteiger partial charge in [-0.1, -0.05) is 0 Å². The van der Waals surface area contributed by atoms with Crippen molar-refractivity contribution in [2.24, 2.45) is 5.73 Å². The van der Waals surface area contributed by atoms with Crippen molar-refractivity contribution in [2.45, 2.75) is 25.4 Å². The second kappa shape index (κ2) is 8.59. The van der Waals surface area contributed by atoms with Crippen molar-refractivity contribution < 1.29 is 4.39 Å². The molecule has 128 valence electrons. The Morgan fingerprint density at radius 2 is 1.91 bits per heavy atom. The zero-order valence-electron chi connectivity index (χ0n) is 12.7. The van der Waals surface area contributed by atoms with E-state index < -0.39 is 0 Å². The summed E-state index contributed by atoms with van der Waals surface area (Å²) in [6.07, 6.45) is 3.27. The van der Waals surface area contributed by atoms with Gasteiger partial charge in [-0.3, -0.25) is 4.79 Å². The average molecular weight is 363 g/mol. The number of rotatable bonds is 3. The van der Waals surface area contributed by atoms with Crippen LogP contribution < -0.4 is 11.3 Å². The van der Waals surface area contributed by atoms with Crippen molar-refractivity contribution >= 4 is 35.8 Å². The monoisotopic (exact) mass is 362 g/mol. The molecule has 0 atom stereocenters. The number of benzene rings is 1. The summed E-state index contributed by atoms with van der Waals surface area (Å²) in [5.74, 6) is -0.354. The summed E-state index contributed by atoms with van der Waals surface area (Å²) < 4.78 is 15.0. The van der Waals surface area contributed by atoms with Gasteiger partial charge in [0.05, 0.1) is 17.2 Å². The van der Waals surface area contributed by atoms with E-state index in [9.17, 15) is 9.18 Å². The Morgan fingerprint density at radius 1 is 1.22 bits per heavy atom. The number of fused-ring (bicyclic) bond motifs is 1. The average Bonchev–Trinajstić information content (AvgIpc) is 2.48. The fourth-order valence-electron chi connectivity index (χ4n) is 2.78. The third-order valence-corrected chi connectivity index (χ3v) is 4.08. The molecule has 1 aliphatic rings. The van der Waals surface area contributed by atoms with Gasteiger partial charge in [-0.2, -0.15) is 0 Å². The molecule has 0 bridgehead atoms. The van der Waals surface area contributed by atoms with E-state index in [-0.39, 0.29) is 36.2 Å². The molecule has 8 heteroatoms. The number of nitrogens with zero attached hydrogens (tertiary/aromatic N) is 3. The lowest BCUT2D eigenvalue weighted by Crippen LogP contribution is -2.41. The van der Waals surface area contributed by atoms with E-state index in [1.807, 2.05) is 0 Å². The molecule has 1 aromatic carbocycles. The first-order valence-corrected chi connectivity index (χ1v) is 7.26. The van der Waals surface area contributed by atoms with Gasteiger partial charge in [0.15, 0.2) is 0 Å². The predicted octanol–water partition coefficient (Wildman–Crippen LogP) is 1.80. The van der Waals surface area contributed by atoms with Crippen molar-refractivity contribution in [3.8, 4) is 0 Å². The lowest BCUT2D eigenvalue weighted by Gasteiger charge is -2.30. The summed E-state index contributed by atoms with van der Waals surface area (Å²) in [6, 6.07) is 4.62. The summed E-state index contributed by atoms with van der Waals surface area (Å²) in [4.78, 5) is 18.4. The molecule has 23 heavy (non-hydrogen) atoms. The van der Waals surface area contributed by atoms with Crippen LogP contribution in [-0.4, -0.2) is 40.1 Å². The molecule has 0 spiro atoms. The third kappa shape index (κ3) is 4.64. The number of hydrogen-bond acceptors (Lipinski definition) is 4.